The number of ether oxygens (including phenoxy) is 4. The number of ketones is 1. The predicted octanol–water partition coefficient (Wildman–Crippen LogP) is 0.877. The second-order valence-corrected chi connectivity index (χ2v) is 18.0. The smallest absolute Gasteiger partial charge is 0.187 e. The van der Waals surface area contributed by atoms with Crippen molar-refractivity contribution < 1.29 is 64.6 Å². The normalized spacial score (nSPS) is 51.5. The SMILES string of the molecule is CC(C)CCC(OC1OCC(O)C(O)C1OC1OC(CO)C(O)C(O)C1O)C(C)C1CCC2C3CC(=O)C4CC(O)C(O)CC4(C)C3CCC12C. The number of hydrogen-bond donors (Lipinski definition) is 8. The van der Waals surface area contributed by atoms with Gasteiger partial charge in [-0.2, -0.15) is 0 Å². The van der Waals surface area contributed by atoms with E-state index < -0.39 is 74.1 Å². The molecule has 0 radical (unpaired) electrons. The van der Waals surface area contributed by atoms with Crippen LogP contribution in [0, 0.1) is 52.3 Å². The summed E-state index contributed by atoms with van der Waals surface area (Å²) in [6.45, 7) is 10.2. The number of Topliss-reactive ketones (excluding diaryl/α,β-unsaturated/α-hetero) is 1. The van der Waals surface area contributed by atoms with Crippen LogP contribution in [0.3, 0.4) is 0 Å². The van der Waals surface area contributed by atoms with Crippen molar-refractivity contribution in [3.63, 3.8) is 0 Å². The minimum atomic E-state index is -1.71. The molecule has 294 valence electrons. The molecule has 20 unspecified atom stereocenters. The summed E-state index contributed by atoms with van der Waals surface area (Å²) in [5.74, 6) is 1.59. The van der Waals surface area contributed by atoms with Crippen LogP contribution in [0.25, 0.3) is 0 Å². The van der Waals surface area contributed by atoms with Crippen molar-refractivity contribution in [3.8, 4) is 0 Å². The van der Waals surface area contributed by atoms with Gasteiger partial charge in [0.15, 0.2) is 12.6 Å². The molecule has 13 heteroatoms. The summed E-state index contributed by atoms with van der Waals surface area (Å²) in [5, 5.41) is 83.8. The lowest BCUT2D eigenvalue weighted by atomic mass is 9.44. The molecule has 4 saturated carbocycles. The molecular formula is C38H64O13. The maximum absolute atomic E-state index is 13.7. The third-order valence-electron chi connectivity index (χ3n) is 14.7. The van der Waals surface area contributed by atoms with Gasteiger partial charge in [0.2, 0.25) is 0 Å². The zero-order chi connectivity index (χ0) is 37.2. The van der Waals surface area contributed by atoms with E-state index >= 15 is 0 Å². The Bertz CT molecular complexity index is 1200. The Morgan fingerprint density at radius 1 is 0.824 bits per heavy atom. The Morgan fingerprint density at radius 2 is 1.53 bits per heavy atom. The predicted molar refractivity (Wildman–Crippen MR) is 182 cm³/mol. The van der Waals surface area contributed by atoms with Gasteiger partial charge in [0.1, 0.15) is 48.5 Å². The van der Waals surface area contributed by atoms with Crippen LogP contribution < -0.4 is 0 Å². The maximum atomic E-state index is 13.7. The average molecular weight is 729 g/mol. The van der Waals surface area contributed by atoms with Crippen LogP contribution in [0.4, 0.5) is 0 Å². The highest BCUT2D eigenvalue weighted by molar-refractivity contribution is 5.83. The van der Waals surface area contributed by atoms with Crippen molar-refractivity contribution >= 4 is 5.78 Å². The third kappa shape index (κ3) is 7.22. The van der Waals surface area contributed by atoms with E-state index in [2.05, 4.69) is 34.6 Å². The number of fused-ring (bicyclic) bond motifs is 5. The number of carbonyl (C=O) groups is 1. The van der Waals surface area contributed by atoms with Gasteiger partial charge in [-0.25, -0.2) is 0 Å². The van der Waals surface area contributed by atoms with Crippen LogP contribution in [-0.4, -0.2) is 133 Å². The van der Waals surface area contributed by atoms with Gasteiger partial charge in [0, 0.05) is 12.3 Å². The monoisotopic (exact) mass is 728 g/mol. The Labute approximate surface area is 301 Å². The number of carbonyl (C=O) groups excluding carboxylic acids is 1. The van der Waals surface area contributed by atoms with Gasteiger partial charge < -0.3 is 59.8 Å². The van der Waals surface area contributed by atoms with Gasteiger partial charge >= 0.3 is 0 Å². The highest BCUT2D eigenvalue weighted by Gasteiger charge is 2.64. The highest BCUT2D eigenvalue weighted by atomic mass is 16.8. The molecule has 0 bridgehead atoms. The molecule has 6 rings (SSSR count). The lowest BCUT2D eigenvalue weighted by Crippen LogP contribution is -2.63. The van der Waals surface area contributed by atoms with Crippen molar-refractivity contribution in [2.75, 3.05) is 13.2 Å². The largest absolute Gasteiger partial charge is 0.394 e. The molecule has 0 aromatic rings. The topological polar surface area (TPSA) is 216 Å². The first kappa shape index (κ1) is 39.9. The molecular weight excluding hydrogens is 664 g/mol. The fourth-order valence-corrected chi connectivity index (χ4v) is 11.7. The van der Waals surface area contributed by atoms with Gasteiger partial charge in [0.25, 0.3) is 0 Å². The fraction of sp³-hybridized carbons (Fsp3) is 0.974. The van der Waals surface area contributed by atoms with Crippen LogP contribution in [-0.2, 0) is 23.7 Å². The van der Waals surface area contributed by atoms with E-state index in [0.29, 0.717) is 43.4 Å². The lowest BCUT2D eigenvalue weighted by Gasteiger charge is -2.61. The molecule has 0 aromatic carbocycles. The molecule has 8 N–H and O–H groups in total. The summed E-state index contributed by atoms with van der Waals surface area (Å²) < 4.78 is 24.3. The fourth-order valence-electron chi connectivity index (χ4n) is 11.7. The molecule has 0 aromatic heterocycles. The molecule has 51 heavy (non-hydrogen) atoms. The minimum absolute atomic E-state index is 0.0464. The van der Waals surface area contributed by atoms with E-state index in [-0.39, 0.29) is 53.0 Å². The van der Waals surface area contributed by atoms with Crippen molar-refractivity contribution in [3.05, 3.63) is 0 Å². The molecule has 13 nitrogen and oxygen atoms in total. The lowest BCUT2D eigenvalue weighted by molar-refractivity contribution is -0.362. The average Bonchev–Trinajstić information content (AvgIpc) is 3.44. The number of aliphatic hydroxyl groups is 8. The van der Waals surface area contributed by atoms with Crippen molar-refractivity contribution in [1.82, 2.24) is 0 Å². The van der Waals surface area contributed by atoms with E-state index in [1.807, 2.05) is 0 Å². The Balaban J connectivity index is 1.21. The van der Waals surface area contributed by atoms with Gasteiger partial charge in [0.05, 0.1) is 31.5 Å². The van der Waals surface area contributed by atoms with Crippen molar-refractivity contribution in [1.29, 1.82) is 0 Å². The second kappa shape index (κ2) is 15.4. The van der Waals surface area contributed by atoms with E-state index in [1.54, 1.807) is 0 Å². The first-order valence-electron chi connectivity index (χ1n) is 19.5. The van der Waals surface area contributed by atoms with E-state index in [0.717, 1.165) is 32.1 Å². The summed E-state index contributed by atoms with van der Waals surface area (Å²) in [5.41, 5.74) is -0.377. The third-order valence-corrected chi connectivity index (χ3v) is 14.7. The highest BCUT2D eigenvalue weighted by Crippen LogP contribution is 2.68. The molecule has 4 aliphatic carbocycles. The molecule has 0 spiro atoms. The number of hydrogen-bond acceptors (Lipinski definition) is 13. The first-order valence-corrected chi connectivity index (χ1v) is 19.5. The maximum Gasteiger partial charge on any atom is 0.187 e. The summed E-state index contributed by atoms with van der Waals surface area (Å²) in [7, 11) is 0. The molecule has 2 aliphatic heterocycles. The Kier molecular flexibility index (Phi) is 12.0. The van der Waals surface area contributed by atoms with Crippen molar-refractivity contribution in [2.45, 2.75) is 166 Å². The van der Waals surface area contributed by atoms with E-state index in [9.17, 15) is 45.6 Å². The molecule has 0 amide bonds. The molecule has 6 aliphatic rings. The van der Waals surface area contributed by atoms with Gasteiger partial charge in [-0.3, -0.25) is 4.79 Å². The quantitative estimate of drug-likeness (QED) is 0.157. The number of aliphatic hydroxyl groups excluding tert-OH is 8. The van der Waals surface area contributed by atoms with E-state index in [4.69, 9.17) is 18.9 Å². The van der Waals surface area contributed by atoms with E-state index in [1.165, 1.54) is 0 Å². The van der Waals surface area contributed by atoms with Gasteiger partial charge in [-0.15, -0.1) is 0 Å². The molecule has 20 atom stereocenters. The first-order chi connectivity index (χ1) is 24.0. The van der Waals surface area contributed by atoms with Crippen LogP contribution >= 0.6 is 0 Å². The van der Waals surface area contributed by atoms with Gasteiger partial charge in [-0.1, -0.05) is 34.6 Å². The second-order valence-electron chi connectivity index (χ2n) is 18.0. The zero-order valence-corrected chi connectivity index (χ0v) is 30.9. The van der Waals surface area contributed by atoms with Crippen LogP contribution in [0.5, 0.6) is 0 Å². The zero-order valence-electron chi connectivity index (χ0n) is 30.9. The summed E-state index contributed by atoms with van der Waals surface area (Å²) >= 11 is 0. The standard InChI is InChI=1S/C38H64O13/c1-17(2)6-9-28(49-36-34(30(44)27(43)16-48-36)51-35-33(47)32(46)31(45)29(15-39)50-35)18(3)20-7-8-21-19-12-24(40)23-13-25(41)26(42)14-38(23,5)22(19)10-11-37(20,21)4/h17-23,25-36,39,41-47H,6-16H2,1-5H3. The van der Waals surface area contributed by atoms with Crippen LogP contribution in [0.15, 0.2) is 0 Å². The Hall–Kier alpha value is -0.810. The van der Waals surface area contributed by atoms with Crippen molar-refractivity contribution in [2.24, 2.45) is 52.3 Å². The van der Waals surface area contributed by atoms with Gasteiger partial charge in [-0.05, 0) is 97.7 Å². The summed E-state index contributed by atoms with van der Waals surface area (Å²) in [4.78, 5) is 13.7. The number of rotatable bonds is 10. The molecule has 2 saturated heterocycles. The minimum Gasteiger partial charge on any atom is -0.394 e. The van der Waals surface area contributed by atoms with Crippen LogP contribution in [0.1, 0.15) is 92.4 Å². The molecule has 6 fully saturated rings. The van der Waals surface area contributed by atoms with Crippen LogP contribution in [0.2, 0.25) is 0 Å². The summed E-state index contributed by atoms with van der Waals surface area (Å²) in [6.07, 6.45) is -8.19. The Morgan fingerprint density at radius 3 is 2.22 bits per heavy atom. The summed E-state index contributed by atoms with van der Waals surface area (Å²) in [6, 6.07) is 0. The molecule has 2 heterocycles.